The molecule has 0 saturated carbocycles. The van der Waals surface area contributed by atoms with Crippen LogP contribution in [-0.4, -0.2) is 8.42 Å². The van der Waals surface area contributed by atoms with E-state index >= 15 is 0 Å². The minimum absolute atomic E-state index is 0.347. The Morgan fingerprint density at radius 2 is 1.17 bits per heavy atom. The average Bonchev–Trinajstić information content (AvgIpc) is 2.57. The van der Waals surface area contributed by atoms with E-state index in [9.17, 15) is 8.42 Å². The molecule has 3 nitrogen and oxygen atoms in total. The average molecular weight is 321 g/mol. The van der Waals surface area contributed by atoms with Gasteiger partial charge in [0.15, 0.2) is 0 Å². The Balaban J connectivity index is 2.06. The highest BCUT2D eigenvalue weighted by atomic mass is 32.2. The number of nitrogens with zero attached hydrogens (tertiary/aromatic N) is 1. The molecule has 3 aromatic rings. The predicted octanol–water partition coefficient (Wildman–Crippen LogP) is 4.61. The fourth-order valence-corrected chi connectivity index (χ4v) is 4.58. The van der Waals surface area contributed by atoms with E-state index in [1.54, 1.807) is 24.3 Å². The molecule has 0 spiro atoms. The van der Waals surface area contributed by atoms with Gasteiger partial charge in [0.25, 0.3) is 0 Å². The first-order valence-corrected chi connectivity index (χ1v) is 8.87. The van der Waals surface area contributed by atoms with Crippen LogP contribution in [0.1, 0.15) is 5.56 Å². The molecule has 1 heterocycles. The first kappa shape index (κ1) is 14.0. The Labute approximate surface area is 135 Å². The second kappa shape index (κ2) is 4.96. The van der Waals surface area contributed by atoms with Crippen molar-refractivity contribution >= 4 is 26.9 Å². The molecule has 3 aromatic carbocycles. The molecule has 0 amide bonds. The lowest BCUT2D eigenvalue weighted by Gasteiger charge is -2.32. The summed E-state index contributed by atoms with van der Waals surface area (Å²) in [4.78, 5) is 2.70. The van der Waals surface area contributed by atoms with Gasteiger partial charge in [-0.1, -0.05) is 42.0 Å². The molecule has 0 bridgehead atoms. The number of anilines is 3. The van der Waals surface area contributed by atoms with Crippen molar-refractivity contribution in [2.75, 3.05) is 4.90 Å². The lowest BCUT2D eigenvalue weighted by atomic mass is 10.1. The molecule has 23 heavy (non-hydrogen) atoms. The number of aryl methyl sites for hydroxylation is 1. The third kappa shape index (κ3) is 2.06. The SMILES string of the molecule is Cc1ccc(N2c3ccccc3S(=O)(=O)c3ccccc32)cc1. The van der Waals surface area contributed by atoms with Crippen LogP contribution in [0.4, 0.5) is 17.1 Å². The van der Waals surface area contributed by atoms with Crippen molar-refractivity contribution in [2.45, 2.75) is 16.7 Å². The maximum atomic E-state index is 12.9. The van der Waals surface area contributed by atoms with Crippen molar-refractivity contribution in [3.8, 4) is 0 Å². The summed E-state index contributed by atoms with van der Waals surface area (Å²) in [5, 5.41) is 0. The van der Waals surface area contributed by atoms with E-state index in [1.165, 1.54) is 5.56 Å². The number of benzene rings is 3. The monoisotopic (exact) mass is 321 g/mol. The zero-order valence-electron chi connectivity index (χ0n) is 12.6. The number of fused-ring (bicyclic) bond motifs is 2. The van der Waals surface area contributed by atoms with Crippen LogP contribution in [0.25, 0.3) is 0 Å². The minimum atomic E-state index is -3.49. The minimum Gasteiger partial charge on any atom is -0.308 e. The second-order valence-electron chi connectivity index (χ2n) is 5.61. The van der Waals surface area contributed by atoms with E-state index in [2.05, 4.69) is 0 Å². The molecule has 0 saturated heterocycles. The van der Waals surface area contributed by atoms with Crippen LogP contribution in [0.15, 0.2) is 82.6 Å². The standard InChI is InChI=1S/C19H15NO2S/c1-14-10-12-15(13-11-14)20-16-6-2-4-8-18(16)23(21,22)19-9-5-3-7-17(19)20/h2-13H,1H3. The van der Waals surface area contributed by atoms with Crippen LogP contribution in [0.5, 0.6) is 0 Å². The second-order valence-corrected chi connectivity index (χ2v) is 7.50. The van der Waals surface area contributed by atoms with Crippen LogP contribution in [0.2, 0.25) is 0 Å². The highest BCUT2D eigenvalue weighted by molar-refractivity contribution is 7.92. The summed E-state index contributed by atoms with van der Waals surface area (Å²) >= 11 is 0. The maximum Gasteiger partial charge on any atom is 0.210 e. The van der Waals surface area contributed by atoms with E-state index < -0.39 is 9.84 Å². The van der Waals surface area contributed by atoms with Crippen LogP contribution >= 0.6 is 0 Å². The van der Waals surface area contributed by atoms with Gasteiger partial charge in [0.2, 0.25) is 9.84 Å². The topological polar surface area (TPSA) is 37.4 Å². The van der Waals surface area contributed by atoms with E-state index in [-0.39, 0.29) is 0 Å². The van der Waals surface area contributed by atoms with E-state index in [0.717, 1.165) is 5.69 Å². The highest BCUT2D eigenvalue weighted by Gasteiger charge is 2.34. The molecule has 114 valence electrons. The maximum absolute atomic E-state index is 12.9. The molecule has 1 aliphatic heterocycles. The summed E-state index contributed by atoms with van der Waals surface area (Å²) in [6, 6.07) is 22.4. The number of hydrogen-bond donors (Lipinski definition) is 0. The molecular weight excluding hydrogens is 306 g/mol. The molecule has 4 heteroatoms. The van der Waals surface area contributed by atoms with Crippen molar-refractivity contribution in [1.29, 1.82) is 0 Å². The lowest BCUT2D eigenvalue weighted by Crippen LogP contribution is -2.21. The molecule has 0 atom stereocenters. The van der Waals surface area contributed by atoms with Gasteiger partial charge in [-0.15, -0.1) is 0 Å². The Hall–Kier alpha value is -2.59. The van der Waals surface area contributed by atoms with Gasteiger partial charge < -0.3 is 4.90 Å². The van der Waals surface area contributed by atoms with Crippen LogP contribution in [0, 0.1) is 6.92 Å². The normalized spacial score (nSPS) is 14.9. The molecule has 0 radical (unpaired) electrons. The summed E-state index contributed by atoms with van der Waals surface area (Å²) in [5.74, 6) is 0. The first-order valence-electron chi connectivity index (χ1n) is 7.39. The number of sulfone groups is 1. The van der Waals surface area contributed by atoms with Gasteiger partial charge in [0.05, 0.1) is 21.2 Å². The third-order valence-electron chi connectivity index (χ3n) is 4.08. The van der Waals surface area contributed by atoms with Crippen molar-refractivity contribution in [3.63, 3.8) is 0 Å². The molecule has 4 rings (SSSR count). The Bertz CT molecular complexity index is 938. The van der Waals surface area contributed by atoms with Gasteiger partial charge in [-0.3, -0.25) is 0 Å². The molecule has 0 aliphatic carbocycles. The predicted molar refractivity (Wildman–Crippen MR) is 91.3 cm³/mol. The Kier molecular flexibility index (Phi) is 3.03. The van der Waals surface area contributed by atoms with Gasteiger partial charge in [0, 0.05) is 5.69 Å². The fraction of sp³-hybridized carbons (Fsp3) is 0.0526. The van der Waals surface area contributed by atoms with E-state index in [0.29, 0.717) is 21.2 Å². The Morgan fingerprint density at radius 1 is 0.696 bits per heavy atom. The summed E-state index contributed by atoms with van der Waals surface area (Å²) in [6.07, 6.45) is 0. The smallest absolute Gasteiger partial charge is 0.210 e. The Morgan fingerprint density at radius 3 is 1.70 bits per heavy atom. The molecular formula is C19H15NO2S. The van der Waals surface area contributed by atoms with Crippen molar-refractivity contribution < 1.29 is 8.42 Å². The van der Waals surface area contributed by atoms with Gasteiger partial charge in [0.1, 0.15) is 0 Å². The molecule has 0 aromatic heterocycles. The number of para-hydroxylation sites is 2. The highest BCUT2D eigenvalue weighted by Crippen LogP contribution is 2.47. The summed E-state index contributed by atoms with van der Waals surface area (Å²) in [5.41, 5.74) is 3.50. The van der Waals surface area contributed by atoms with Crippen molar-refractivity contribution in [2.24, 2.45) is 0 Å². The van der Waals surface area contributed by atoms with E-state index in [1.807, 2.05) is 60.4 Å². The molecule has 0 fully saturated rings. The van der Waals surface area contributed by atoms with Crippen LogP contribution in [-0.2, 0) is 9.84 Å². The van der Waals surface area contributed by atoms with E-state index in [4.69, 9.17) is 0 Å². The van der Waals surface area contributed by atoms with Crippen molar-refractivity contribution in [3.05, 3.63) is 78.4 Å². The van der Waals surface area contributed by atoms with Gasteiger partial charge in [-0.25, -0.2) is 8.42 Å². The summed E-state index contributed by atoms with van der Waals surface area (Å²) in [6.45, 7) is 2.03. The number of rotatable bonds is 1. The van der Waals surface area contributed by atoms with Gasteiger partial charge >= 0.3 is 0 Å². The largest absolute Gasteiger partial charge is 0.308 e. The van der Waals surface area contributed by atoms with Crippen LogP contribution in [0.3, 0.4) is 0 Å². The molecule has 0 N–H and O–H groups in total. The lowest BCUT2D eigenvalue weighted by molar-refractivity contribution is 0.595. The van der Waals surface area contributed by atoms with Crippen LogP contribution < -0.4 is 4.90 Å². The zero-order chi connectivity index (χ0) is 16.0. The zero-order valence-corrected chi connectivity index (χ0v) is 13.4. The van der Waals surface area contributed by atoms with Crippen molar-refractivity contribution in [1.82, 2.24) is 0 Å². The quantitative estimate of drug-likeness (QED) is 0.514. The van der Waals surface area contributed by atoms with Gasteiger partial charge in [-0.05, 0) is 43.3 Å². The first-order chi connectivity index (χ1) is 11.1. The summed E-state index contributed by atoms with van der Waals surface area (Å²) in [7, 11) is -3.49. The molecule has 0 unspecified atom stereocenters. The fourth-order valence-electron chi connectivity index (χ4n) is 2.96. The third-order valence-corrected chi connectivity index (χ3v) is 5.93. The summed E-state index contributed by atoms with van der Waals surface area (Å²) < 4.78 is 25.8. The van der Waals surface area contributed by atoms with Gasteiger partial charge in [-0.2, -0.15) is 0 Å². The molecule has 1 aliphatic rings. The number of hydrogen-bond acceptors (Lipinski definition) is 3.